The van der Waals surface area contributed by atoms with Crippen LogP contribution in [0.25, 0.3) is 0 Å². The molecule has 2 atom stereocenters. The van der Waals surface area contributed by atoms with Gasteiger partial charge in [0, 0.05) is 12.2 Å². The largest absolute Gasteiger partial charge is 0.497 e. The summed E-state index contributed by atoms with van der Waals surface area (Å²) >= 11 is 0. The zero-order valence-electron chi connectivity index (χ0n) is 12.4. The minimum absolute atomic E-state index is 0.129. The summed E-state index contributed by atoms with van der Waals surface area (Å²) in [5, 5.41) is 10.1. The Morgan fingerprint density at radius 2 is 2.05 bits per heavy atom. The highest BCUT2D eigenvalue weighted by Crippen LogP contribution is 2.36. The van der Waals surface area contributed by atoms with E-state index < -0.39 is 0 Å². The summed E-state index contributed by atoms with van der Waals surface area (Å²) < 4.78 is 5.30. The first kappa shape index (κ1) is 13.9. The predicted molar refractivity (Wildman–Crippen MR) is 82.7 cm³/mol. The third-order valence-corrected chi connectivity index (χ3v) is 3.93. The lowest BCUT2D eigenvalue weighted by molar-refractivity contribution is 0.194. The molecule has 1 aromatic heterocycles. The highest BCUT2D eigenvalue weighted by atomic mass is 16.5. The van der Waals surface area contributed by atoms with Crippen LogP contribution < -0.4 is 9.64 Å². The zero-order chi connectivity index (χ0) is 14.8. The van der Waals surface area contributed by atoms with Gasteiger partial charge in [-0.05, 0) is 43.2 Å². The van der Waals surface area contributed by atoms with E-state index in [4.69, 9.17) is 4.74 Å². The van der Waals surface area contributed by atoms with Gasteiger partial charge in [0.1, 0.15) is 11.6 Å². The van der Waals surface area contributed by atoms with E-state index in [0.29, 0.717) is 13.0 Å². The lowest BCUT2D eigenvalue weighted by atomic mass is 10.0. The monoisotopic (exact) mass is 284 g/mol. The summed E-state index contributed by atoms with van der Waals surface area (Å²) in [4.78, 5) is 6.76. The number of aliphatic hydroxyl groups excluding tert-OH is 1. The second-order valence-corrected chi connectivity index (χ2v) is 5.47. The van der Waals surface area contributed by atoms with Gasteiger partial charge in [-0.15, -0.1) is 0 Å². The molecule has 1 saturated heterocycles. The van der Waals surface area contributed by atoms with Gasteiger partial charge in [0.2, 0.25) is 0 Å². The Morgan fingerprint density at radius 3 is 2.81 bits per heavy atom. The number of hydrogen-bond acceptors (Lipinski definition) is 4. The van der Waals surface area contributed by atoms with Crippen LogP contribution in [0.5, 0.6) is 5.75 Å². The van der Waals surface area contributed by atoms with Gasteiger partial charge in [-0.3, -0.25) is 0 Å². The van der Waals surface area contributed by atoms with Crippen LogP contribution in [-0.4, -0.2) is 29.8 Å². The average molecular weight is 284 g/mol. The molecule has 1 aromatic carbocycles. The molecule has 1 N–H and O–H groups in total. The topological polar surface area (TPSA) is 45.6 Å². The summed E-state index contributed by atoms with van der Waals surface area (Å²) in [5.41, 5.74) is 2.13. The molecular formula is C17H20N2O2. The maximum Gasteiger partial charge on any atom is 0.129 e. The number of aromatic nitrogens is 1. The molecular weight excluding hydrogens is 264 g/mol. The number of benzene rings is 1. The number of methoxy groups -OCH3 is 1. The van der Waals surface area contributed by atoms with Crippen LogP contribution in [0.2, 0.25) is 0 Å². The maximum absolute atomic E-state index is 10.1. The second-order valence-electron chi connectivity index (χ2n) is 5.47. The lowest BCUT2D eigenvalue weighted by Crippen LogP contribution is -2.25. The minimum Gasteiger partial charge on any atom is -0.497 e. The normalized spacial score (nSPS) is 21.6. The molecule has 0 spiro atoms. The molecule has 1 aliphatic heterocycles. The molecule has 110 valence electrons. The summed E-state index contributed by atoms with van der Waals surface area (Å²) in [6.45, 7) is 2.59. The van der Waals surface area contributed by atoms with Crippen LogP contribution in [0.15, 0.2) is 42.5 Å². The van der Waals surface area contributed by atoms with Gasteiger partial charge in [0.05, 0.1) is 19.3 Å². The van der Waals surface area contributed by atoms with Gasteiger partial charge in [-0.2, -0.15) is 0 Å². The molecule has 4 heteroatoms. The van der Waals surface area contributed by atoms with E-state index in [9.17, 15) is 5.11 Å². The number of aliphatic hydroxyl groups is 1. The van der Waals surface area contributed by atoms with Crippen LogP contribution in [0.4, 0.5) is 5.82 Å². The summed E-state index contributed by atoms with van der Waals surface area (Å²) in [5.74, 6) is 1.76. The number of ether oxygens (including phenoxy) is 1. The molecule has 2 aromatic rings. The van der Waals surface area contributed by atoms with Crippen molar-refractivity contribution in [2.75, 3.05) is 18.6 Å². The van der Waals surface area contributed by atoms with Crippen molar-refractivity contribution in [3.63, 3.8) is 0 Å². The Hall–Kier alpha value is -2.07. The van der Waals surface area contributed by atoms with Crippen LogP contribution in [0.1, 0.15) is 23.7 Å². The Kier molecular flexibility index (Phi) is 3.80. The van der Waals surface area contributed by atoms with Gasteiger partial charge >= 0.3 is 0 Å². The van der Waals surface area contributed by atoms with Crippen molar-refractivity contribution in [3.8, 4) is 5.75 Å². The molecule has 0 aliphatic carbocycles. The molecule has 0 radical (unpaired) electrons. The van der Waals surface area contributed by atoms with E-state index in [2.05, 4.69) is 16.0 Å². The molecule has 0 amide bonds. The Labute approximate surface area is 125 Å². The SMILES string of the molecule is COc1cccc([C@@H]2C[C@H](O)CN2c2cccc(C)n2)c1. The summed E-state index contributed by atoms with van der Waals surface area (Å²) in [6.07, 6.45) is 0.381. The summed E-state index contributed by atoms with van der Waals surface area (Å²) in [7, 11) is 1.67. The van der Waals surface area contributed by atoms with Crippen molar-refractivity contribution in [1.82, 2.24) is 4.98 Å². The standard InChI is InChI=1S/C17H20N2O2/c1-12-5-3-8-17(18-12)19-11-14(20)10-16(19)13-6-4-7-15(9-13)21-2/h3-9,14,16,20H,10-11H2,1-2H3/t14-,16-/m0/s1. The van der Waals surface area contributed by atoms with Gasteiger partial charge in [-0.1, -0.05) is 18.2 Å². The molecule has 0 unspecified atom stereocenters. The highest BCUT2D eigenvalue weighted by Gasteiger charge is 2.33. The van der Waals surface area contributed by atoms with Crippen molar-refractivity contribution < 1.29 is 9.84 Å². The molecule has 2 heterocycles. The highest BCUT2D eigenvalue weighted by molar-refractivity contribution is 5.46. The molecule has 1 fully saturated rings. The van der Waals surface area contributed by atoms with Gasteiger partial charge in [0.25, 0.3) is 0 Å². The third kappa shape index (κ3) is 2.85. The van der Waals surface area contributed by atoms with Crippen LogP contribution >= 0.6 is 0 Å². The quantitative estimate of drug-likeness (QED) is 0.941. The van der Waals surface area contributed by atoms with Crippen LogP contribution in [0, 0.1) is 6.92 Å². The Balaban J connectivity index is 1.95. The van der Waals surface area contributed by atoms with Crippen molar-refractivity contribution >= 4 is 5.82 Å². The molecule has 3 rings (SSSR count). The average Bonchev–Trinajstić information content (AvgIpc) is 2.89. The summed E-state index contributed by atoms with van der Waals surface area (Å²) in [6, 6.07) is 14.1. The van der Waals surface area contributed by atoms with Gasteiger partial charge in [0.15, 0.2) is 0 Å². The maximum atomic E-state index is 10.1. The van der Waals surface area contributed by atoms with Crippen molar-refractivity contribution in [2.24, 2.45) is 0 Å². The molecule has 0 saturated carbocycles. The molecule has 4 nitrogen and oxygen atoms in total. The van der Waals surface area contributed by atoms with Crippen molar-refractivity contribution in [3.05, 3.63) is 53.7 Å². The van der Waals surface area contributed by atoms with E-state index in [1.54, 1.807) is 7.11 Å². The number of β-amino-alcohol motifs (C(OH)–C–C–N with tert-alkyl or cyclic N) is 1. The molecule has 21 heavy (non-hydrogen) atoms. The first-order valence-corrected chi connectivity index (χ1v) is 7.19. The number of nitrogens with zero attached hydrogens (tertiary/aromatic N) is 2. The number of rotatable bonds is 3. The third-order valence-electron chi connectivity index (χ3n) is 3.93. The molecule has 0 bridgehead atoms. The first-order valence-electron chi connectivity index (χ1n) is 7.19. The van der Waals surface area contributed by atoms with E-state index in [0.717, 1.165) is 22.8 Å². The van der Waals surface area contributed by atoms with E-state index in [1.165, 1.54) is 0 Å². The van der Waals surface area contributed by atoms with E-state index in [-0.39, 0.29) is 12.1 Å². The second kappa shape index (κ2) is 5.74. The van der Waals surface area contributed by atoms with Gasteiger partial charge in [-0.25, -0.2) is 4.98 Å². The minimum atomic E-state index is -0.330. The fraction of sp³-hybridized carbons (Fsp3) is 0.353. The van der Waals surface area contributed by atoms with Crippen LogP contribution in [0.3, 0.4) is 0 Å². The fourth-order valence-corrected chi connectivity index (χ4v) is 2.92. The fourth-order valence-electron chi connectivity index (χ4n) is 2.92. The number of anilines is 1. The van der Waals surface area contributed by atoms with Crippen LogP contribution in [-0.2, 0) is 0 Å². The number of pyridine rings is 1. The Morgan fingerprint density at radius 1 is 1.24 bits per heavy atom. The Bertz CT molecular complexity index is 630. The van der Waals surface area contributed by atoms with E-state index in [1.807, 2.05) is 43.3 Å². The van der Waals surface area contributed by atoms with E-state index >= 15 is 0 Å². The lowest BCUT2D eigenvalue weighted by Gasteiger charge is -2.26. The number of aryl methyl sites for hydroxylation is 1. The smallest absolute Gasteiger partial charge is 0.129 e. The first-order chi connectivity index (χ1) is 10.2. The molecule has 1 aliphatic rings. The number of hydrogen-bond donors (Lipinski definition) is 1. The van der Waals surface area contributed by atoms with Gasteiger partial charge < -0.3 is 14.7 Å². The zero-order valence-corrected chi connectivity index (χ0v) is 12.4. The predicted octanol–water partition coefficient (Wildman–Crippen LogP) is 2.71. The van der Waals surface area contributed by atoms with Crippen molar-refractivity contribution in [2.45, 2.75) is 25.5 Å². The van der Waals surface area contributed by atoms with Crippen molar-refractivity contribution in [1.29, 1.82) is 0 Å².